The summed E-state index contributed by atoms with van der Waals surface area (Å²) in [6.45, 7) is 5.75. The quantitative estimate of drug-likeness (QED) is 0.544. The van der Waals surface area contributed by atoms with Gasteiger partial charge in [0.25, 0.3) is 5.56 Å². The molecule has 7 nitrogen and oxygen atoms in total. The fourth-order valence-electron chi connectivity index (χ4n) is 3.98. The molecule has 0 bridgehead atoms. The molecular formula is C25H31N3O4. The molecule has 170 valence electrons. The molecule has 0 aliphatic carbocycles. The molecule has 2 aromatic carbocycles. The Bertz CT molecular complexity index is 1200. The number of aromatic hydroxyl groups is 1. The minimum absolute atomic E-state index is 0.0385. The number of nitrogens with zero attached hydrogens (tertiary/aromatic N) is 3. The number of ether oxygens (including phenoxy) is 2. The van der Waals surface area contributed by atoms with Crippen molar-refractivity contribution in [3.05, 3.63) is 58.4 Å². The zero-order valence-electron chi connectivity index (χ0n) is 19.5. The lowest BCUT2D eigenvalue weighted by molar-refractivity contribution is 0.249. The van der Waals surface area contributed by atoms with E-state index in [4.69, 9.17) is 9.47 Å². The molecule has 7 heteroatoms. The van der Waals surface area contributed by atoms with Gasteiger partial charge in [-0.1, -0.05) is 32.0 Å². The molecule has 0 aliphatic rings. The van der Waals surface area contributed by atoms with Crippen LogP contribution in [0.2, 0.25) is 0 Å². The molecule has 1 aromatic heterocycles. The van der Waals surface area contributed by atoms with Crippen molar-refractivity contribution in [3.63, 3.8) is 0 Å². The summed E-state index contributed by atoms with van der Waals surface area (Å²) >= 11 is 0. The van der Waals surface area contributed by atoms with Gasteiger partial charge in [0.1, 0.15) is 0 Å². The van der Waals surface area contributed by atoms with Crippen LogP contribution in [-0.4, -0.2) is 62.2 Å². The van der Waals surface area contributed by atoms with Crippen molar-refractivity contribution in [1.29, 1.82) is 0 Å². The molecular weight excluding hydrogens is 406 g/mol. The molecule has 0 fully saturated rings. The third kappa shape index (κ3) is 4.78. The van der Waals surface area contributed by atoms with E-state index in [1.165, 1.54) is 11.7 Å². The Morgan fingerprint density at radius 3 is 2.34 bits per heavy atom. The van der Waals surface area contributed by atoms with Gasteiger partial charge in [0, 0.05) is 36.1 Å². The first-order valence-electron chi connectivity index (χ1n) is 10.4. The highest BCUT2D eigenvalue weighted by atomic mass is 16.5. The number of hydrogen-bond acceptors (Lipinski definition) is 6. The Morgan fingerprint density at radius 1 is 1.06 bits per heavy atom. The Kier molecular flexibility index (Phi) is 6.89. The highest BCUT2D eigenvalue weighted by molar-refractivity contribution is 6.01. The average molecular weight is 438 g/mol. The Labute approximate surface area is 188 Å². The summed E-state index contributed by atoms with van der Waals surface area (Å²) in [4.78, 5) is 20.0. The van der Waals surface area contributed by atoms with Crippen LogP contribution in [0, 0.1) is 5.41 Å². The predicted octanol–water partition coefficient (Wildman–Crippen LogP) is 3.72. The van der Waals surface area contributed by atoms with E-state index in [-0.39, 0.29) is 16.9 Å². The minimum Gasteiger partial charge on any atom is -0.494 e. The summed E-state index contributed by atoms with van der Waals surface area (Å²) < 4.78 is 11.9. The van der Waals surface area contributed by atoms with Gasteiger partial charge in [-0.25, -0.2) is 4.57 Å². The van der Waals surface area contributed by atoms with E-state index in [1.54, 1.807) is 43.7 Å². The lowest BCUT2D eigenvalue weighted by Crippen LogP contribution is -2.31. The first-order chi connectivity index (χ1) is 15.2. The lowest BCUT2D eigenvalue weighted by atomic mass is 9.93. The molecule has 3 aromatic rings. The smallest absolute Gasteiger partial charge is 0.265 e. The monoisotopic (exact) mass is 437 g/mol. The van der Waals surface area contributed by atoms with Gasteiger partial charge in [-0.05, 0) is 37.7 Å². The normalized spacial score (nSPS) is 12.1. The molecule has 0 spiro atoms. The van der Waals surface area contributed by atoms with Gasteiger partial charge in [0.2, 0.25) is 5.88 Å². The summed E-state index contributed by atoms with van der Waals surface area (Å²) in [5, 5.41) is 12.3. The van der Waals surface area contributed by atoms with Crippen LogP contribution in [0.25, 0.3) is 16.5 Å². The lowest BCUT2D eigenvalue weighted by Gasteiger charge is -2.26. The molecule has 3 rings (SSSR count). The largest absolute Gasteiger partial charge is 0.494 e. The maximum atomic E-state index is 13.3. The van der Waals surface area contributed by atoms with Crippen molar-refractivity contribution in [2.45, 2.75) is 13.8 Å². The van der Waals surface area contributed by atoms with E-state index >= 15 is 0 Å². The van der Waals surface area contributed by atoms with Crippen LogP contribution in [0.5, 0.6) is 17.4 Å². The number of benzene rings is 2. The number of methoxy groups -OCH3 is 2. The fourth-order valence-corrected chi connectivity index (χ4v) is 3.98. The number of hydrogen-bond donors (Lipinski definition) is 1. The van der Waals surface area contributed by atoms with E-state index in [0.29, 0.717) is 40.1 Å². The second-order valence-electron chi connectivity index (χ2n) is 8.83. The van der Waals surface area contributed by atoms with Crippen LogP contribution in [0.1, 0.15) is 19.4 Å². The Morgan fingerprint density at radius 2 is 1.72 bits per heavy atom. The molecule has 1 heterocycles. The van der Waals surface area contributed by atoms with Crippen molar-refractivity contribution in [2.75, 3.05) is 41.4 Å². The highest BCUT2D eigenvalue weighted by Crippen LogP contribution is 2.32. The van der Waals surface area contributed by atoms with Crippen molar-refractivity contribution >= 4 is 17.0 Å². The van der Waals surface area contributed by atoms with Crippen molar-refractivity contribution in [3.8, 4) is 23.1 Å². The third-order valence-electron chi connectivity index (χ3n) is 5.21. The summed E-state index contributed by atoms with van der Waals surface area (Å²) in [6, 6.07) is 12.3. The first-order valence-corrected chi connectivity index (χ1v) is 10.4. The first kappa shape index (κ1) is 23.3. The minimum atomic E-state index is -0.324. The zero-order valence-corrected chi connectivity index (χ0v) is 19.5. The molecule has 0 amide bonds. The predicted molar refractivity (Wildman–Crippen MR) is 129 cm³/mol. The maximum Gasteiger partial charge on any atom is 0.265 e. The Hall–Kier alpha value is -3.32. The van der Waals surface area contributed by atoms with Crippen molar-refractivity contribution in [2.24, 2.45) is 10.4 Å². The molecule has 1 N–H and O–H groups in total. The molecule has 0 saturated heterocycles. The van der Waals surface area contributed by atoms with Gasteiger partial charge in [-0.3, -0.25) is 9.79 Å². The molecule has 0 radical (unpaired) electrons. The SMILES string of the molecule is COc1ccc(-n2c(O)c(C=NCC(C)(C)CN(C)C)c3ccccc3c2=O)cc1OC. The number of rotatable bonds is 8. The van der Waals surface area contributed by atoms with Crippen LogP contribution >= 0.6 is 0 Å². The maximum absolute atomic E-state index is 13.3. The number of pyridine rings is 1. The van der Waals surface area contributed by atoms with Gasteiger partial charge in [-0.2, -0.15) is 0 Å². The summed E-state index contributed by atoms with van der Waals surface area (Å²) in [5.74, 6) is 0.828. The van der Waals surface area contributed by atoms with Crippen LogP contribution < -0.4 is 15.0 Å². The highest BCUT2D eigenvalue weighted by Gasteiger charge is 2.20. The molecule has 0 unspecified atom stereocenters. The second kappa shape index (κ2) is 9.44. The molecule has 0 aliphatic heterocycles. The third-order valence-corrected chi connectivity index (χ3v) is 5.21. The van der Waals surface area contributed by atoms with E-state index in [2.05, 4.69) is 23.7 Å². The second-order valence-corrected chi connectivity index (χ2v) is 8.83. The number of aliphatic imine (C=N–C) groups is 1. The summed E-state index contributed by atoms with van der Waals surface area (Å²) in [7, 11) is 7.13. The van der Waals surface area contributed by atoms with Crippen molar-refractivity contribution in [1.82, 2.24) is 9.47 Å². The summed E-state index contributed by atoms with van der Waals surface area (Å²) in [6.07, 6.45) is 1.66. The zero-order chi connectivity index (χ0) is 23.5. The van der Waals surface area contributed by atoms with Crippen LogP contribution in [0.4, 0.5) is 0 Å². The van der Waals surface area contributed by atoms with Gasteiger partial charge < -0.3 is 19.5 Å². The van der Waals surface area contributed by atoms with Gasteiger partial charge in [-0.15, -0.1) is 0 Å². The Balaban J connectivity index is 2.16. The van der Waals surface area contributed by atoms with Gasteiger partial charge in [0.15, 0.2) is 11.5 Å². The van der Waals surface area contributed by atoms with E-state index < -0.39 is 0 Å². The molecule has 0 saturated carbocycles. The average Bonchev–Trinajstić information content (AvgIpc) is 2.75. The standard InChI is InChI=1S/C25H31N3O4/c1-25(2,16-27(3)4)15-26-14-20-18-9-7-8-10-19(18)23(29)28(24(20)30)17-11-12-21(31-5)22(13-17)32-6/h7-14,30H,15-16H2,1-6H3. The van der Waals surface area contributed by atoms with Crippen LogP contribution in [0.15, 0.2) is 52.3 Å². The van der Waals surface area contributed by atoms with E-state index in [9.17, 15) is 9.90 Å². The summed E-state index contributed by atoms with van der Waals surface area (Å²) in [5.41, 5.74) is 0.605. The van der Waals surface area contributed by atoms with E-state index in [0.717, 1.165) is 6.54 Å². The topological polar surface area (TPSA) is 76.3 Å². The van der Waals surface area contributed by atoms with E-state index in [1.807, 2.05) is 26.2 Å². The molecule has 0 atom stereocenters. The fraction of sp³-hybridized carbons (Fsp3) is 0.360. The number of fused-ring (bicyclic) bond motifs is 1. The van der Waals surface area contributed by atoms with Crippen molar-refractivity contribution < 1.29 is 14.6 Å². The number of aromatic nitrogens is 1. The van der Waals surface area contributed by atoms with Gasteiger partial charge in [0.05, 0.1) is 25.5 Å². The molecule has 32 heavy (non-hydrogen) atoms. The van der Waals surface area contributed by atoms with Crippen LogP contribution in [0.3, 0.4) is 0 Å². The van der Waals surface area contributed by atoms with Crippen LogP contribution in [-0.2, 0) is 0 Å². The van der Waals surface area contributed by atoms with Gasteiger partial charge >= 0.3 is 0 Å².